The molecule has 1 aromatic carbocycles. The Hall–Kier alpha value is -2.23. The van der Waals surface area contributed by atoms with Crippen LogP contribution in [0.2, 0.25) is 5.02 Å². The first-order chi connectivity index (χ1) is 13.8. The molecule has 0 saturated carbocycles. The summed E-state index contributed by atoms with van der Waals surface area (Å²) in [6.45, 7) is 2.68. The van der Waals surface area contributed by atoms with Crippen molar-refractivity contribution in [2.45, 2.75) is 6.54 Å². The minimum Gasteiger partial charge on any atom is -0.336 e. The topological polar surface area (TPSA) is 73.3 Å². The second-order valence-electron chi connectivity index (χ2n) is 7.08. The zero-order valence-corrected chi connectivity index (χ0v) is 17.2. The first-order valence-electron chi connectivity index (χ1n) is 9.27. The molecule has 0 aliphatic carbocycles. The maximum Gasteiger partial charge on any atom is 0.257 e. The highest BCUT2D eigenvalue weighted by molar-refractivity contribution is 7.90. The number of benzene rings is 1. The Kier molecular flexibility index (Phi) is 5.46. The van der Waals surface area contributed by atoms with Crippen LogP contribution in [0.3, 0.4) is 0 Å². The molecule has 0 spiro atoms. The molecule has 0 radical (unpaired) electrons. The van der Waals surface area contributed by atoms with E-state index in [-0.39, 0.29) is 35.4 Å². The second-order valence-corrected chi connectivity index (χ2v) is 9.25. The normalized spacial score (nSPS) is 21.4. The quantitative estimate of drug-likeness (QED) is 0.717. The number of fused-ring (bicyclic) bond motifs is 1. The molecule has 1 saturated heterocycles. The second kappa shape index (κ2) is 7.89. The minimum absolute atomic E-state index is 0.0699. The van der Waals surface area contributed by atoms with Crippen LogP contribution in [0.5, 0.6) is 0 Å². The molecular weight excluding hydrogens is 419 g/mol. The van der Waals surface area contributed by atoms with Gasteiger partial charge in [0, 0.05) is 56.1 Å². The van der Waals surface area contributed by atoms with Crippen molar-refractivity contribution < 1.29 is 17.6 Å². The third-order valence-electron chi connectivity index (χ3n) is 5.19. The zero-order valence-electron chi connectivity index (χ0n) is 15.6. The van der Waals surface area contributed by atoms with E-state index in [1.54, 1.807) is 40.3 Å². The maximum absolute atomic E-state index is 14.0. The molecule has 0 N–H and O–H groups in total. The van der Waals surface area contributed by atoms with E-state index in [0.717, 1.165) is 0 Å². The van der Waals surface area contributed by atoms with Gasteiger partial charge < -0.3 is 9.80 Å². The van der Waals surface area contributed by atoms with Gasteiger partial charge >= 0.3 is 0 Å². The number of carbonyl (C=O) groups excluding carboxylic acids is 1. The molecule has 3 heterocycles. The highest BCUT2D eigenvalue weighted by Gasteiger charge is 2.33. The molecule has 0 bridgehead atoms. The van der Waals surface area contributed by atoms with Crippen molar-refractivity contribution in [3.8, 4) is 0 Å². The Morgan fingerprint density at radius 2 is 1.93 bits per heavy atom. The van der Waals surface area contributed by atoms with Gasteiger partial charge in [-0.3, -0.25) is 9.69 Å². The molecular formula is C19H20ClFN4O3S. The van der Waals surface area contributed by atoms with Gasteiger partial charge in [-0.1, -0.05) is 17.7 Å². The van der Waals surface area contributed by atoms with Gasteiger partial charge in [0.25, 0.3) is 15.9 Å². The zero-order chi connectivity index (χ0) is 20.6. The third kappa shape index (κ3) is 4.22. The summed E-state index contributed by atoms with van der Waals surface area (Å²) in [5.41, 5.74) is 0.729. The van der Waals surface area contributed by atoms with Crippen molar-refractivity contribution in [3.63, 3.8) is 0 Å². The van der Waals surface area contributed by atoms with Crippen molar-refractivity contribution >= 4 is 33.4 Å². The molecule has 0 aromatic heterocycles. The van der Waals surface area contributed by atoms with Crippen molar-refractivity contribution in [2.24, 2.45) is 4.40 Å². The fraction of sp³-hybridized carbons (Fsp3) is 0.368. The Morgan fingerprint density at radius 1 is 1.17 bits per heavy atom. The lowest BCUT2D eigenvalue weighted by atomic mass is 10.1. The van der Waals surface area contributed by atoms with Gasteiger partial charge in [-0.2, -0.15) is 0 Å². The molecule has 3 aliphatic rings. The molecule has 1 aromatic rings. The first kappa shape index (κ1) is 20.1. The molecule has 0 atom stereocenters. The molecule has 4 rings (SSSR count). The highest BCUT2D eigenvalue weighted by Crippen LogP contribution is 2.23. The third-order valence-corrected chi connectivity index (χ3v) is 6.69. The van der Waals surface area contributed by atoms with E-state index < -0.39 is 10.0 Å². The Balaban J connectivity index is 1.43. The van der Waals surface area contributed by atoms with Crippen LogP contribution in [-0.2, 0) is 21.4 Å². The van der Waals surface area contributed by atoms with Gasteiger partial charge in [-0.15, -0.1) is 4.40 Å². The summed E-state index contributed by atoms with van der Waals surface area (Å²) >= 11 is 6.11. The van der Waals surface area contributed by atoms with Crippen LogP contribution in [0.15, 0.2) is 46.5 Å². The molecule has 1 fully saturated rings. The lowest BCUT2D eigenvalue weighted by molar-refractivity contribution is -0.128. The summed E-state index contributed by atoms with van der Waals surface area (Å²) in [5, 5.41) is 0.388. The minimum atomic E-state index is -3.56. The number of rotatable bonds is 3. The highest BCUT2D eigenvalue weighted by atomic mass is 35.5. The fourth-order valence-electron chi connectivity index (χ4n) is 3.57. The molecule has 154 valence electrons. The first-order valence-corrected chi connectivity index (χ1v) is 11.3. The number of sulfonamides is 1. The van der Waals surface area contributed by atoms with Crippen LogP contribution in [0.25, 0.3) is 0 Å². The summed E-state index contributed by atoms with van der Waals surface area (Å²) in [4.78, 5) is 18.4. The lowest BCUT2D eigenvalue weighted by Gasteiger charge is -2.36. The van der Waals surface area contributed by atoms with E-state index in [0.29, 0.717) is 43.3 Å². The summed E-state index contributed by atoms with van der Waals surface area (Å²) in [7, 11) is -3.56. The number of carbonyl (C=O) groups is 1. The summed E-state index contributed by atoms with van der Waals surface area (Å²) in [5.74, 6) is -0.477. The van der Waals surface area contributed by atoms with Gasteiger partial charge in [-0.25, -0.2) is 12.8 Å². The molecule has 10 heteroatoms. The van der Waals surface area contributed by atoms with E-state index in [9.17, 15) is 17.6 Å². The SMILES string of the molecule is O=C(C1=CC=CN2CCS(=O)(=O)N=C12)N1CCN(Cc2c(F)cccc2Cl)CC1. The van der Waals surface area contributed by atoms with Crippen molar-refractivity contribution in [1.82, 2.24) is 14.7 Å². The Morgan fingerprint density at radius 3 is 2.66 bits per heavy atom. The average molecular weight is 439 g/mol. The number of halogens is 2. The van der Waals surface area contributed by atoms with E-state index in [1.165, 1.54) is 6.07 Å². The smallest absolute Gasteiger partial charge is 0.257 e. The van der Waals surface area contributed by atoms with Gasteiger partial charge in [0.05, 0.1) is 11.3 Å². The average Bonchev–Trinajstić information content (AvgIpc) is 2.70. The number of amides is 1. The number of nitrogens with zero attached hydrogens (tertiary/aromatic N) is 4. The van der Waals surface area contributed by atoms with Crippen molar-refractivity contribution in [3.05, 3.63) is 58.5 Å². The van der Waals surface area contributed by atoms with E-state index >= 15 is 0 Å². The Bertz CT molecular complexity index is 1010. The van der Waals surface area contributed by atoms with Crippen molar-refractivity contribution in [1.29, 1.82) is 0 Å². The Labute approximate surface area is 173 Å². The van der Waals surface area contributed by atoms with Crippen LogP contribution in [0.4, 0.5) is 4.39 Å². The number of amidine groups is 1. The van der Waals surface area contributed by atoms with Gasteiger partial charge in [0.15, 0.2) is 5.84 Å². The van der Waals surface area contributed by atoms with Gasteiger partial charge in [0.1, 0.15) is 5.82 Å². The fourth-order valence-corrected chi connectivity index (χ4v) is 4.78. The van der Waals surface area contributed by atoms with E-state index in [1.807, 2.05) is 4.90 Å². The number of piperazine rings is 1. The summed E-state index contributed by atoms with van der Waals surface area (Å²) in [6, 6.07) is 4.61. The molecule has 0 unspecified atom stereocenters. The largest absolute Gasteiger partial charge is 0.336 e. The lowest BCUT2D eigenvalue weighted by Crippen LogP contribution is -2.50. The van der Waals surface area contributed by atoms with E-state index in [2.05, 4.69) is 4.40 Å². The summed E-state index contributed by atoms with van der Waals surface area (Å²) in [6.07, 6.45) is 5.05. The summed E-state index contributed by atoms with van der Waals surface area (Å²) < 4.78 is 41.6. The number of hydrogen-bond acceptors (Lipinski definition) is 5. The van der Waals surface area contributed by atoms with Crippen LogP contribution in [0, 0.1) is 5.82 Å². The molecule has 7 nitrogen and oxygen atoms in total. The molecule has 29 heavy (non-hydrogen) atoms. The number of hydrogen-bond donors (Lipinski definition) is 0. The molecule has 3 aliphatic heterocycles. The predicted molar refractivity (Wildman–Crippen MR) is 108 cm³/mol. The van der Waals surface area contributed by atoms with E-state index in [4.69, 9.17) is 11.6 Å². The van der Waals surface area contributed by atoms with Crippen LogP contribution < -0.4 is 0 Å². The predicted octanol–water partition coefficient (Wildman–Crippen LogP) is 1.62. The van der Waals surface area contributed by atoms with Crippen LogP contribution in [-0.4, -0.2) is 73.3 Å². The van der Waals surface area contributed by atoms with Crippen LogP contribution >= 0.6 is 11.6 Å². The maximum atomic E-state index is 14.0. The van der Waals surface area contributed by atoms with Crippen molar-refractivity contribution in [2.75, 3.05) is 38.5 Å². The molecule has 1 amide bonds. The van der Waals surface area contributed by atoms with Gasteiger partial charge in [-0.05, 0) is 24.3 Å². The number of allylic oxidation sites excluding steroid dienone is 2. The standard InChI is InChI=1S/C19H20ClFN4O3S/c20-16-4-1-5-17(21)15(16)13-23-7-9-25(10-8-23)19(26)14-3-2-6-24-11-12-29(27,28)22-18(14)24/h1-6H,7-13H2. The van der Waals surface area contributed by atoms with Crippen LogP contribution in [0.1, 0.15) is 5.56 Å². The monoisotopic (exact) mass is 438 g/mol. The van der Waals surface area contributed by atoms with Gasteiger partial charge in [0.2, 0.25) is 0 Å².